The van der Waals surface area contributed by atoms with Crippen molar-refractivity contribution in [3.63, 3.8) is 0 Å². The first kappa shape index (κ1) is 44.5. The molecule has 0 aromatic heterocycles. The van der Waals surface area contributed by atoms with Crippen LogP contribution in [-0.4, -0.2) is 73.2 Å². The van der Waals surface area contributed by atoms with Crippen LogP contribution >= 0.6 is 0 Å². The first-order valence-corrected chi connectivity index (χ1v) is 21.9. The highest BCUT2D eigenvalue weighted by Gasteiger charge is 2.36. The van der Waals surface area contributed by atoms with Crippen LogP contribution < -0.4 is 21.3 Å². The summed E-state index contributed by atoms with van der Waals surface area (Å²) >= 11 is 0. The van der Waals surface area contributed by atoms with Gasteiger partial charge in [-0.25, -0.2) is 8.78 Å². The van der Waals surface area contributed by atoms with Crippen LogP contribution in [0.3, 0.4) is 0 Å². The lowest BCUT2D eigenvalue weighted by Gasteiger charge is -2.30. The molecule has 11 heteroatoms. The number of ketones is 1. The van der Waals surface area contributed by atoms with Crippen molar-refractivity contribution < 1.29 is 28.0 Å². The van der Waals surface area contributed by atoms with E-state index in [1.54, 1.807) is 31.2 Å². The normalized spacial score (nSPS) is 16.7. The number of carbonyl (C=O) groups excluding carboxylic acids is 4. The topological polar surface area (TPSA) is 120 Å². The predicted octanol–water partition coefficient (Wildman–Crippen LogP) is 7.57. The summed E-state index contributed by atoms with van der Waals surface area (Å²) in [7, 11) is 2.14. The second kappa shape index (κ2) is 22.0. The van der Waals surface area contributed by atoms with Crippen LogP contribution in [0.2, 0.25) is 0 Å². The van der Waals surface area contributed by atoms with E-state index >= 15 is 0 Å². The number of halogens is 2. The summed E-state index contributed by atoms with van der Waals surface area (Å²) in [6, 6.07) is 23.6. The average molecular weight is 822 g/mol. The second-order valence-corrected chi connectivity index (χ2v) is 16.8. The molecule has 0 bridgehead atoms. The smallest absolute Gasteiger partial charge is 0.243 e. The molecular weight excluding hydrogens is 761 g/mol. The number of nitrogens with zero attached hydrogens (tertiary/aromatic N) is 1. The molecule has 6 rings (SSSR count). The van der Waals surface area contributed by atoms with Crippen LogP contribution in [0.5, 0.6) is 0 Å². The largest absolute Gasteiger partial charge is 0.345 e. The number of rotatable bonds is 20. The van der Waals surface area contributed by atoms with Crippen LogP contribution in [0.15, 0.2) is 91.0 Å². The first-order valence-electron chi connectivity index (χ1n) is 21.9. The number of Topliss-reactive ketones (excluding diaryl/α,β-unsaturated/α-hetero) is 1. The molecule has 0 spiro atoms. The summed E-state index contributed by atoms with van der Waals surface area (Å²) in [4.78, 5) is 58.4. The minimum Gasteiger partial charge on any atom is -0.345 e. The summed E-state index contributed by atoms with van der Waals surface area (Å²) in [5, 5.41) is 14.9. The molecule has 4 aromatic rings. The van der Waals surface area contributed by atoms with E-state index in [1.165, 1.54) is 24.3 Å². The number of hydrogen-bond donors (Lipinski definition) is 4. The predicted molar refractivity (Wildman–Crippen MR) is 232 cm³/mol. The van der Waals surface area contributed by atoms with Crippen molar-refractivity contribution in [2.24, 2.45) is 11.8 Å². The van der Waals surface area contributed by atoms with Gasteiger partial charge in [0.25, 0.3) is 0 Å². The van der Waals surface area contributed by atoms with Gasteiger partial charge >= 0.3 is 0 Å². The Morgan fingerprint density at radius 1 is 0.733 bits per heavy atom. The average Bonchev–Trinajstić information content (AvgIpc) is 3.80. The number of unbranched alkanes of at least 4 members (excludes halogenated alkanes) is 1. The summed E-state index contributed by atoms with van der Waals surface area (Å²) in [6.45, 7) is 4.64. The van der Waals surface area contributed by atoms with E-state index in [0.29, 0.717) is 30.0 Å². The van der Waals surface area contributed by atoms with E-state index in [9.17, 15) is 28.0 Å². The highest BCUT2D eigenvalue weighted by molar-refractivity contribution is 5.95. The van der Waals surface area contributed by atoms with Crippen molar-refractivity contribution in [2.45, 2.75) is 108 Å². The van der Waals surface area contributed by atoms with Gasteiger partial charge in [0.15, 0.2) is 5.78 Å². The van der Waals surface area contributed by atoms with Crippen LogP contribution in [0, 0.1) is 23.5 Å². The van der Waals surface area contributed by atoms with Gasteiger partial charge in [-0.3, -0.25) is 19.2 Å². The van der Waals surface area contributed by atoms with Crippen molar-refractivity contribution in [3.05, 3.63) is 119 Å². The molecule has 0 radical (unpaired) electrons. The number of piperidine rings is 1. The lowest BCUT2D eigenvalue weighted by Crippen LogP contribution is -2.54. The fraction of sp³-hybridized carbons (Fsp3) is 0.469. The Kier molecular flexibility index (Phi) is 16.3. The highest BCUT2D eigenvalue weighted by Crippen LogP contribution is 2.31. The van der Waals surface area contributed by atoms with Crippen molar-refractivity contribution in [1.29, 1.82) is 0 Å². The summed E-state index contributed by atoms with van der Waals surface area (Å²) < 4.78 is 28.1. The van der Waals surface area contributed by atoms with Crippen molar-refractivity contribution in [1.82, 2.24) is 26.2 Å². The summed E-state index contributed by atoms with van der Waals surface area (Å²) in [5.74, 6) is -2.92. The molecule has 1 aliphatic carbocycles. The van der Waals surface area contributed by atoms with Crippen LogP contribution in [-0.2, 0) is 25.6 Å². The molecule has 4 N–H and O–H groups in total. The molecule has 2 fully saturated rings. The molecule has 0 unspecified atom stereocenters. The van der Waals surface area contributed by atoms with Gasteiger partial charge in [-0.2, -0.15) is 0 Å². The monoisotopic (exact) mass is 821 g/mol. The third-order valence-corrected chi connectivity index (χ3v) is 12.4. The van der Waals surface area contributed by atoms with E-state index in [0.717, 1.165) is 80.9 Å². The number of amides is 3. The van der Waals surface area contributed by atoms with E-state index in [1.807, 2.05) is 42.5 Å². The number of carbonyl (C=O) groups is 4. The maximum absolute atomic E-state index is 14.6. The minimum absolute atomic E-state index is 0.0914. The lowest BCUT2D eigenvalue weighted by atomic mass is 9.86. The molecule has 1 heterocycles. The zero-order valence-corrected chi connectivity index (χ0v) is 35.1. The number of likely N-dealkylation sites (tertiary alicyclic amines) is 1. The SMILES string of the molecule is CCC(=O)N[C@@H](Cc1ccc2ccccc2c1)C(=O)N[C@H](C(=O)C[C@@H](CCCCNC1CCN(C)CC1)C(=O)NC(c1ccc(F)cc1)c1ccc(F)cc1)C1CCCC1. The van der Waals surface area contributed by atoms with E-state index in [2.05, 4.69) is 33.2 Å². The van der Waals surface area contributed by atoms with Gasteiger partial charge in [-0.05, 0) is 123 Å². The van der Waals surface area contributed by atoms with Gasteiger partial charge in [-0.1, -0.05) is 92.9 Å². The molecule has 60 heavy (non-hydrogen) atoms. The Hall–Kier alpha value is -5.00. The molecule has 1 saturated carbocycles. The Balaban J connectivity index is 1.21. The van der Waals surface area contributed by atoms with Gasteiger partial charge in [0, 0.05) is 31.2 Å². The molecule has 320 valence electrons. The first-order chi connectivity index (χ1) is 29.1. The zero-order chi connectivity index (χ0) is 42.4. The Labute approximate surface area is 353 Å². The maximum Gasteiger partial charge on any atom is 0.243 e. The van der Waals surface area contributed by atoms with Gasteiger partial charge in [0.05, 0.1) is 12.1 Å². The van der Waals surface area contributed by atoms with Crippen LogP contribution in [0.4, 0.5) is 8.78 Å². The highest BCUT2D eigenvalue weighted by atomic mass is 19.1. The van der Waals surface area contributed by atoms with E-state index in [4.69, 9.17) is 0 Å². The van der Waals surface area contributed by atoms with Crippen molar-refractivity contribution >= 4 is 34.3 Å². The summed E-state index contributed by atoms with van der Waals surface area (Å²) in [5.41, 5.74) is 2.12. The quantitative estimate of drug-likeness (QED) is 0.0684. The van der Waals surface area contributed by atoms with E-state index in [-0.39, 0.29) is 42.8 Å². The lowest BCUT2D eigenvalue weighted by molar-refractivity contribution is -0.134. The zero-order valence-electron chi connectivity index (χ0n) is 35.1. The van der Waals surface area contributed by atoms with Gasteiger partial charge in [0.1, 0.15) is 17.7 Å². The van der Waals surface area contributed by atoms with Gasteiger partial charge < -0.3 is 26.2 Å². The Morgan fingerprint density at radius 3 is 2.00 bits per heavy atom. The molecule has 1 aliphatic heterocycles. The molecule has 3 atom stereocenters. The third-order valence-electron chi connectivity index (χ3n) is 12.4. The molecule has 1 saturated heterocycles. The second-order valence-electron chi connectivity index (χ2n) is 16.8. The molecular formula is C49H61F2N5O4. The van der Waals surface area contributed by atoms with Crippen molar-refractivity contribution in [3.8, 4) is 0 Å². The number of hydrogen-bond acceptors (Lipinski definition) is 6. The summed E-state index contributed by atoms with van der Waals surface area (Å²) in [6.07, 6.45) is 7.89. The van der Waals surface area contributed by atoms with Crippen LogP contribution in [0.25, 0.3) is 10.8 Å². The molecule has 9 nitrogen and oxygen atoms in total. The number of fused-ring (bicyclic) bond motifs is 1. The number of nitrogens with one attached hydrogen (secondary N) is 4. The number of benzene rings is 4. The Bertz CT molecular complexity index is 1980. The molecule has 4 aromatic carbocycles. The molecule has 3 amide bonds. The van der Waals surface area contributed by atoms with Crippen LogP contribution in [0.1, 0.15) is 100 Å². The Morgan fingerprint density at radius 2 is 1.37 bits per heavy atom. The standard InChI is InChI=1S/C49H61F2N5O4/c1-3-45(58)53-43(31-33-15-16-34-10-4-7-13-38(34)30-33)49(60)55-47(35-11-5-6-12-35)44(57)32-39(14-8-9-27-52-42-25-28-56(2)29-26-42)48(59)54-46(36-17-21-40(50)22-18-36)37-19-23-41(51)24-20-37/h4,7,10,13,15-24,30,35,39,42-43,46-47,52H,3,5-6,8-9,11-12,14,25-29,31-32H2,1-2H3,(H,53,58)(H,54,59)(H,55,60)/t39-,43+,47+/m1/s1. The fourth-order valence-corrected chi connectivity index (χ4v) is 8.77. The molecule has 2 aliphatic rings. The maximum atomic E-state index is 14.6. The van der Waals surface area contributed by atoms with Gasteiger partial charge in [-0.15, -0.1) is 0 Å². The van der Waals surface area contributed by atoms with E-state index < -0.39 is 41.6 Å². The van der Waals surface area contributed by atoms with Crippen molar-refractivity contribution in [2.75, 3.05) is 26.7 Å². The van der Waals surface area contributed by atoms with Gasteiger partial charge in [0.2, 0.25) is 17.7 Å². The third kappa shape index (κ3) is 12.8. The minimum atomic E-state index is -0.904. The fourth-order valence-electron chi connectivity index (χ4n) is 8.77.